The molecule has 0 aliphatic carbocycles. The van der Waals surface area contributed by atoms with Gasteiger partial charge < -0.3 is 19.3 Å². The molecule has 0 bridgehead atoms. The highest BCUT2D eigenvalue weighted by Crippen LogP contribution is 2.36. The Hall–Kier alpha value is -1.47. The average Bonchev–Trinajstić information content (AvgIpc) is 3.20. The fourth-order valence-electron chi connectivity index (χ4n) is 7.29. The number of esters is 2. The van der Waals surface area contributed by atoms with Crippen LogP contribution in [0.5, 0.6) is 0 Å². The second-order valence-electron chi connectivity index (χ2n) is 16.8. The number of ether oxygens (including phenoxy) is 2. The van der Waals surface area contributed by atoms with Crippen molar-refractivity contribution in [2.24, 2.45) is 0 Å². The van der Waals surface area contributed by atoms with E-state index in [-0.39, 0.29) is 19.4 Å². The van der Waals surface area contributed by atoms with Crippen molar-refractivity contribution in [1.29, 1.82) is 0 Å². The Labute approximate surface area is 358 Å². The Balaban J connectivity index is 3.80. The van der Waals surface area contributed by atoms with E-state index in [1.54, 1.807) is 0 Å². The molecule has 0 heterocycles. The molecule has 0 saturated heterocycles. The molecule has 1 atom stereocenters. The third-order valence-corrected chi connectivity index (χ3v) is 11.5. The van der Waals surface area contributed by atoms with E-state index in [0.29, 0.717) is 6.42 Å². The van der Waals surface area contributed by atoms with Crippen molar-refractivity contribution in [3.05, 3.63) is 24.3 Å². The summed E-state index contributed by atoms with van der Waals surface area (Å²) in [5.74, 6) is -0.880. The van der Waals surface area contributed by atoms with E-state index in [1.165, 1.54) is 167 Å². The molecule has 58 heavy (non-hydrogen) atoms. The normalized spacial score (nSPS) is 12.6. The van der Waals surface area contributed by atoms with Gasteiger partial charge in [0.25, 0.3) is 0 Å². The zero-order valence-corrected chi connectivity index (χ0v) is 38.9. The van der Waals surface area contributed by atoms with E-state index in [9.17, 15) is 14.2 Å². The fourth-order valence-corrected chi connectivity index (χ4v) is 7.65. The van der Waals surface area contributed by atoms with Crippen LogP contribution in [0.3, 0.4) is 0 Å². The minimum atomic E-state index is -4.76. The highest BCUT2D eigenvalue weighted by atomic mass is 31.2. The number of hydrogen-bond acceptors (Lipinski definition) is 6. The molecule has 0 radical (unpaired) electrons. The van der Waals surface area contributed by atoms with Gasteiger partial charge in [-0.25, -0.2) is 4.57 Å². The summed E-state index contributed by atoms with van der Waals surface area (Å²) in [4.78, 5) is 43.0. The van der Waals surface area contributed by atoms with E-state index < -0.39 is 32.5 Å². The monoisotopic (exact) mass is 841 g/mol. The molecule has 0 fully saturated rings. The first kappa shape index (κ1) is 56.5. The van der Waals surface area contributed by atoms with Crippen LogP contribution in [0.1, 0.15) is 258 Å². The lowest BCUT2D eigenvalue weighted by atomic mass is 10.0. The Kier molecular flexibility index (Phi) is 43.9. The van der Waals surface area contributed by atoms with Crippen molar-refractivity contribution < 1.29 is 37.9 Å². The molecule has 0 saturated carbocycles. The van der Waals surface area contributed by atoms with Crippen LogP contribution in [0.15, 0.2) is 24.3 Å². The lowest BCUT2D eigenvalue weighted by Crippen LogP contribution is -2.29. The summed E-state index contributed by atoms with van der Waals surface area (Å²) in [6, 6.07) is 0. The Morgan fingerprint density at radius 2 is 0.776 bits per heavy atom. The largest absolute Gasteiger partial charge is 0.469 e. The van der Waals surface area contributed by atoms with Crippen molar-refractivity contribution in [2.75, 3.05) is 13.2 Å². The minimum Gasteiger partial charge on any atom is -0.462 e. The first-order valence-corrected chi connectivity index (χ1v) is 26.2. The maximum absolute atomic E-state index is 12.5. The molecule has 0 aliphatic rings. The van der Waals surface area contributed by atoms with Gasteiger partial charge in [0, 0.05) is 12.8 Å². The maximum atomic E-state index is 12.5. The predicted molar refractivity (Wildman–Crippen MR) is 244 cm³/mol. The molecule has 0 aliphatic heterocycles. The SMILES string of the molecule is CCCCC/C=C/C/C=C/CCCCCCCCCC(=O)OC[C@H](COP(=O)(O)O)OC(=O)CCCCCCCCCCCCCCCCCCCCCCCCC. The Bertz CT molecular complexity index is 993. The Morgan fingerprint density at radius 3 is 1.17 bits per heavy atom. The summed E-state index contributed by atoms with van der Waals surface area (Å²) in [5.41, 5.74) is 0. The smallest absolute Gasteiger partial charge is 0.462 e. The number of unbranched alkanes of at least 4 members (excludes halogenated alkanes) is 32. The van der Waals surface area contributed by atoms with Gasteiger partial charge in [0.2, 0.25) is 0 Å². The topological polar surface area (TPSA) is 119 Å². The highest BCUT2D eigenvalue weighted by molar-refractivity contribution is 7.46. The average molecular weight is 841 g/mol. The number of phosphoric ester groups is 1. The minimum absolute atomic E-state index is 0.215. The molecule has 0 spiro atoms. The van der Waals surface area contributed by atoms with Crippen LogP contribution < -0.4 is 0 Å². The van der Waals surface area contributed by atoms with Gasteiger partial charge in [-0.1, -0.05) is 224 Å². The van der Waals surface area contributed by atoms with E-state index >= 15 is 0 Å². The molecular formula is C49H93O8P. The molecule has 0 rings (SSSR count). The molecule has 0 aromatic rings. The van der Waals surface area contributed by atoms with Crippen LogP contribution in [0.2, 0.25) is 0 Å². The van der Waals surface area contributed by atoms with Gasteiger partial charge in [-0.3, -0.25) is 14.1 Å². The van der Waals surface area contributed by atoms with Gasteiger partial charge in [0.1, 0.15) is 6.61 Å². The quantitative estimate of drug-likeness (QED) is 0.0269. The standard InChI is InChI=1S/C49H93O8P/c1-3-5-7-9-11-13-15-17-19-21-22-23-24-25-26-28-30-32-34-36-38-40-42-44-49(51)57-47(46-56-58(52,53)54)45-55-48(50)43-41-39-37-35-33-31-29-27-20-18-16-14-12-10-8-6-4-2/h12,14,18,20,47H,3-11,13,15-17,19,21-46H2,1-2H3,(H2,52,53,54)/b14-12+,20-18+/t47-/m1/s1. The predicted octanol–water partition coefficient (Wildman–Crippen LogP) is 15.5. The highest BCUT2D eigenvalue weighted by Gasteiger charge is 2.23. The molecule has 0 amide bonds. The molecule has 2 N–H and O–H groups in total. The summed E-state index contributed by atoms with van der Waals surface area (Å²) >= 11 is 0. The van der Waals surface area contributed by atoms with E-state index in [0.717, 1.165) is 57.8 Å². The second-order valence-corrected chi connectivity index (χ2v) is 18.0. The van der Waals surface area contributed by atoms with Crippen molar-refractivity contribution in [3.63, 3.8) is 0 Å². The number of carbonyl (C=O) groups excluding carboxylic acids is 2. The maximum Gasteiger partial charge on any atom is 0.469 e. The molecule has 0 unspecified atom stereocenters. The molecule has 8 nitrogen and oxygen atoms in total. The molecule has 342 valence electrons. The Morgan fingerprint density at radius 1 is 0.448 bits per heavy atom. The van der Waals surface area contributed by atoms with Crippen LogP contribution >= 0.6 is 7.82 Å². The number of hydrogen-bond donors (Lipinski definition) is 2. The summed E-state index contributed by atoms with van der Waals surface area (Å²) in [5, 5.41) is 0. The molecule has 0 aromatic carbocycles. The summed E-state index contributed by atoms with van der Waals surface area (Å²) in [6.45, 7) is 3.70. The summed E-state index contributed by atoms with van der Waals surface area (Å²) < 4.78 is 26.5. The fraction of sp³-hybridized carbons (Fsp3) is 0.878. The van der Waals surface area contributed by atoms with Crippen LogP contribution in [0, 0.1) is 0 Å². The van der Waals surface area contributed by atoms with Gasteiger partial charge in [0.15, 0.2) is 6.10 Å². The first-order chi connectivity index (χ1) is 28.3. The third-order valence-electron chi connectivity index (χ3n) is 11.0. The summed E-state index contributed by atoms with van der Waals surface area (Å²) in [7, 11) is -4.76. The van der Waals surface area contributed by atoms with Gasteiger partial charge in [0.05, 0.1) is 6.61 Å². The van der Waals surface area contributed by atoms with Crippen LogP contribution in [-0.2, 0) is 28.2 Å². The van der Waals surface area contributed by atoms with Gasteiger partial charge in [-0.2, -0.15) is 0 Å². The lowest BCUT2D eigenvalue weighted by Gasteiger charge is -2.18. The van der Waals surface area contributed by atoms with Crippen molar-refractivity contribution in [1.82, 2.24) is 0 Å². The number of rotatable bonds is 46. The number of allylic oxidation sites excluding steroid dienone is 4. The van der Waals surface area contributed by atoms with E-state index in [2.05, 4.69) is 42.7 Å². The van der Waals surface area contributed by atoms with Crippen LogP contribution in [-0.4, -0.2) is 41.0 Å². The second kappa shape index (κ2) is 45.1. The zero-order chi connectivity index (χ0) is 42.5. The van der Waals surface area contributed by atoms with E-state index in [1.807, 2.05) is 0 Å². The van der Waals surface area contributed by atoms with Gasteiger partial charge >= 0.3 is 19.8 Å². The van der Waals surface area contributed by atoms with Gasteiger partial charge in [-0.15, -0.1) is 0 Å². The molecule has 9 heteroatoms. The van der Waals surface area contributed by atoms with Crippen molar-refractivity contribution in [2.45, 2.75) is 264 Å². The van der Waals surface area contributed by atoms with Gasteiger partial charge in [-0.05, 0) is 44.9 Å². The van der Waals surface area contributed by atoms with Crippen molar-refractivity contribution >= 4 is 19.8 Å². The first-order valence-electron chi connectivity index (χ1n) is 24.6. The van der Waals surface area contributed by atoms with Crippen molar-refractivity contribution in [3.8, 4) is 0 Å². The number of phosphoric acid groups is 1. The van der Waals surface area contributed by atoms with Crippen LogP contribution in [0.25, 0.3) is 0 Å². The molecule has 0 aromatic heterocycles. The lowest BCUT2D eigenvalue weighted by molar-refractivity contribution is -0.161. The summed E-state index contributed by atoms with van der Waals surface area (Å²) in [6.07, 6.45) is 53.4. The third kappa shape index (κ3) is 47.2. The van der Waals surface area contributed by atoms with E-state index in [4.69, 9.17) is 19.3 Å². The van der Waals surface area contributed by atoms with Crippen LogP contribution in [0.4, 0.5) is 0 Å². The zero-order valence-electron chi connectivity index (χ0n) is 38.0. The number of carbonyl (C=O) groups is 2. The molecular weight excluding hydrogens is 748 g/mol.